The van der Waals surface area contributed by atoms with Gasteiger partial charge in [0.15, 0.2) is 5.82 Å². The maximum Gasteiger partial charge on any atom is 0.162 e. The van der Waals surface area contributed by atoms with Gasteiger partial charge in [-0.25, -0.2) is 9.97 Å². The second-order valence-corrected chi connectivity index (χ2v) is 5.58. The van der Waals surface area contributed by atoms with Crippen LogP contribution >= 0.6 is 22.6 Å². The molecule has 90 valence electrons. The predicted molar refractivity (Wildman–Crippen MR) is 73.3 cm³/mol. The van der Waals surface area contributed by atoms with E-state index in [0.29, 0.717) is 17.6 Å². The summed E-state index contributed by atoms with van der Waals surface area (Å²) in [5.74, 6) is 1.49. The van der Waals surface area contributed by atoms with Crippen LogP contribution in [0, 0.1) is 3.57 Å². The summed E-state index contributed by atoms with van der Waals surface area (Å²) in [6.07, 6.45) is 0. The molecule has 0 aliphatic heterocycles. The molecule has 0 unspecified atom stereocenters. The third kappa shape index (κ3) is 2.63. The van der Waals surface area contributed by atoms with Crippen molar-refractivity contribution < 1.29 is 4.74 Å². The third-order valence-corrected chi connectivity index (χ3v) is 3.60. The largest absolute Gasteiger partial charge is 0.383 e. The van der Waals surface area contributed by atoms with E-state index in [0.717, 1.165) is 9.26 Å². The van der Waals surface area contributed by atoms with E-state index in [1.807, 2.05) is 13.8 Å². The highest BCUT2D eigenvalue weighted by molar-refractivity contribution is 14.1. The molecule has 0 radical (unpaired) electrons. The Morgan fingerprint density at radius 3 is 2.31 bits per heavy atom. The van der Waals surface area contributed by atoms with Crippen LogP contribution in [-0.2, 0) is 10.3 Å². The Morgan fingerprint density at radius 1 is 1.31 bits per heavy atom. The van der Waals surface area contributed by atoms with E-state index in [1.54, 1.807) is 7.11 Å². The zero-order chi connectivity index (χ0) is 12.5. The molecule has 1 aromatic rings. The molecule has 1 aromatic heterocycles. The summed E-state index contributed by atoms with van der Waals surface area (Å²) in [4.78, 5) is 8.84. The average Bonchev–Trinajstić information content (AvgIpc) is 2.21. The van der Waals surface area contributed by atoms with E-state index in [1.165, 1.54) is 0 Å². The lowest BCUT2D eigenvalue weighted by Crippen LogP contribution is -2.25. The fourth-order valence-electron chi connectivity index (χ4n) is 1.23. The number of hydrogen-bond donors (Lipinski definition) is 1. The lowest BCUT2D eigenvalue weighted by molar-refractivity contribution is 0.0113. The first-order chi connectivity index (χ1) is 7.29. The van der Waals surface area contributed by atoms with E-state index < -0.39 is 5.60 Å². The number of nitrogens with zero attached hydrogens (tertiary/aromatic N) is 2. The van der Waals surface area contributed by atoms with Crippen molar-refractivity contribution in [3.05, 3.63) is 15.1 Å². The van der Waals surface area contributed by atoms with Crippen molar-refractivity contribution in [3.8, 4) is 0 Å². The summed E-state index contributed by atoms with van der Waals surface area (Å²) in [5, 5.41) is 0. The van der Waals surface area contributed by atoms with Crippen LogP contribution in [0.25, 0.3) is 0 Å². The van der Waals surface area contributed by atoms with E-state index in [2.05, 4.69) is 46.4 Å². The molecule has 0 aliphatic rings. The van der Waals surface area contributed by atoms with Gasteiger partial charge in [-0.2, -0.15) is 0 Å². The molecule has 1 heterocycles. The van der Waals surface area contributed by atoms with Gasteiger partial charge in [-0.05, 0) is 42.4 Å². The summed E-state index contributed by atoms with van der Waals surface area (Å²) in [7, 11) is 1.65. The number of methoxy groups -OCH3 is 1. The van der Waals surface area contributed by atoms with E-state index in [4.69, 9.17) is 10.5 Å². The fourth-order valence-corrected chi connectivity index (χ4v) is 2.09. The minimum Gasteiger partial charge on any atom is -0.383 e. The van der Waals surface area contributed by atoms with Gasteiger partial charge in [0, 0.05) is 7.11 Å². The van der Waals surface area contributed by atoms with Gasteiger partial charge in [0.25, 0.3) is 0 Å². The van der Waals surface area contributed by atoms with Crippen molar-refractivity contribution in [2.75, 3.05) is 12.8 Å². The van der Waals surface area contributed by atoms with Crippen LogP contribution in [0.15, 0.2) is 0 Å². The smallest absolute Gasteiger partial charge is 0.162 e. The molecule has 0 saturated heterocycles. The fraction of sp³-hybridized carbons (Fsp3) is 0.636. The molecule has 0 fully saturated rings. The quantitative estimate of drug-likeness (QED) is 0.863. The lowest BCUT2D eigenvalue weighted by Gasteiger charge is -2.23. The van der Waals surface area contributed by atoms with Gasteiger partial charge in [0.05, 0.1) is 9.26 Å². The van der Waals surface area contributed by atoms with Gasteiger partial charge < -0.3 is 10.5 Å². The highest BCUT2D eigenvalue weighted by Crippen LogP contribution is 2.27. The standard InChI is InChI=1S/C11H18IN3O/c1-6(2)8-7(12)9(13)15-10(14-8)11(3,4)16-5/h6H,1-5H3,(H2,13,14,15). The monoisotopic (exact) mass is 335 g/mol. The Bertz CT molecular complexity index is 391. The van der Waals surface area contributed by atoms with Crippen molar-refractivity contribution >= 4 is 28.4 Å². The molecule has 0 spiro atoms. The molecule has 0 saturated carbocycles. The van der Waals surface area contributed by atoms with Crippen LogP contribution in [-0.4, -0.2) is 17.1 Å². The molecule has 0 aromatic carbocycles. The minimum atomic E-state index is -0.512. The first kappa shape index (κ1) is 13.6. The van der Waals surface area contributed by atoms with Gasteiger partial charge in [0.1, 0.15) is 11.4 Å². The molecule has 0 amide bonds. The molecule has 0 aliphatic carbocycles. The predicted octanol–water partition coefficient (Wildman–Crippen LogP) is 2.67. The number of nitrogens with two attached hydrogens (primary N) is 1. The second kappa shape index (κ2) is 4.83. The Morgan fingerprint density at radius 2 is 1.88 bits per heavy atom. The van der Waals surface area contributed by atoms with Crippen LogP contribution in [0.2, 0.25) is 0 Å². The Labute approximate surface area is 110 Å². The van der Waals surface area contributed by atoms with Gasteiger partial charge in [-0.3, -0.25) is 0 Å². The molecule has 0 atom stereocenters. The molecule has 4 nitrogen and oxygen atoms in total. The Kier molecular flexibility index (Phi) is 4.12. The van der Waals surface area contributed by atoms with E-state index >= 15 is 0 Å². The molecular weight excluding hydrogens is 317 g/mol. The zero-order valence-corrected chi connectivity index (χ0v) is 12.5. The van der Waals surface area contributed by atoms with Crippen molar-refractivity contribution in [1.82, 2.24) is 9.97 Å². The maximum atomic E-state index is 5.90. The number of anilines is 1. The molecule has 1 rings (SSSR count). The van der Waals surface area contributed by atoms with Crippen LogP contribution in [0.3, 0.4) is 0 Å². The topological polar surface area (TPSA) is 61.0 Å². The molecule has 5 heteroatoms. The SMILES string of the molecule is COC(C)(C)c1nc(N)c(I)c(C(C)C)n1. The zero-order valence-electron chi connectivity index (χ0n) is 10.3. The number of hydrogen-bond acceptors (Lipinski definition) is 4. The Balaban J connectivity index is 3.35. The normalized spacial score (nSPS) is 12.2. The summed E-state index contributed by atoms with van der Waals surface area (Å²) in [6.45, 7) is 8.04. The van der Waals surface area contributed by atoms with Crippen LogP contribution in [0.4, 0.5) is 5.82 Å². The summed E-state index contributed by atoms with van der Waals surface area (Å²) in [5.41, 5.74) is 6.36. The van der Waals surface area contributed by atoms with Gasteiger partial charge in [0.2, 0.25) is 0 Å². The number of ether oxygens (including phenoxy) is 1. The second-order valence-electron chi connectivity index (χ2n) is 4.50. The lowest BCUT2D eigenvalue weighted by atomic mass is 10.1. The van der Waals surface area contributed by atoms with Crippen molar-refractivity contribution in [2.45, 2.75) is 39.2 Å². The summed E-state index contributed by atoms with van der Waals surface area (Å²) < 4.78 is 6.30. The van der Waals surface area contributed by atoms with Crippen LogP contribution < -0.4 is 5.73 Å². The first-order valence-electron chi connectivity index (χ1n) is 5.18. The third-order valence-electron chi connectivity index (χ3n) is 2.50. The Hall–Kier alpha value is -0.430. The first-order valence-corrected chi connectivity index (χ1v) is 6.26. The molecule has 2 N–H and O–H groups in total. The van der Waals surface area contributed by atoms with Crippen LogP contribution in [0.5, 0.6) is 0 Å². The highest BCUT2D eigenvalue weighted by Gasteiger charge is 2.26. The maximum absolute atomic E-state index is 5.90. The highest BCUT2D eigenvalue weighted by atomic mass is 127. The number of halogens is 1. The van der Waals surface area contributed by atoms with Crippen LogP contribution in [0.1, 0.15) is 45.1 Å². The van der Waals surface area contributed by atoms with Gasteiger partial charge in [-0.1, -0.05) is 13.8 Å². The van der Waals surface area contributed by atoms with Crippen molar-refractivity contribution in [3.63, 3.8) is 0 Å². The van der Waals surface area contributed by atoms with E-state index in [-0.39, 0.29) is 0 Å². The average molecular weight is 335 g/mol. The molecule has 0 bridgehead atoms. The number of aromatic nitrogens is 2. The minimum absolute atomic E-state index is 0.323. The molecular formula is C11H18IN3O. The summed E-state index contributed by atoms with van der Waals surface area (Å²) in [6, 6.07) is 0. The number of nitrogen functional groups attached to an aromatic ring is 1. The van der Waals surface area contributed by atoms with Gasteiger partial charge in [-0.15, -0.1) is 0 Å². The van der Waals surface area contributed by atoms with Crippen molar-refractivity contribution in [1.29, 1.82) is 0 Å². The summed E-state index contributed by atoms with van der Waals surface area (Å²) >= 11 is 2.19. The van der Waals surface area contributed by atoms with Crippen molar-refractivity contribution in [2.24, 2.45) is 0 Å². The van der Waals surface area contributed by atoms with Gasteiger partial charge >= 0.3 is 0 Å². The number of rotatable bonds is 3. The molecule has 16 heavy (non-hydrogen) atoms. The van der Waals surface area contributed by atoms with E-state index in [9.17, 15) is 0 Å².